The summed E-state index contributed by atoms with van der Waals surface area (Å²) in [7, 11) is 0. The standard InChI is InChI=1S/C30H30N4O3S/c1-19-7-6-9-22(17-19)26-25(33-28(38-26)21-12-13-21)29(35)34-16-5-4-10-23(34)18-32-30(36)37-27-24-11-3-2-8-20(24)14-15-31-27/h2-3,6-9,11,14-15,17,21,23H,4-5,10,12-13,16,18H2,1H3,(H,32,36)/t23-/m0/s1. The number of fused-ring (bicyclic) bond motifs is 1. The molecule has 1 aliphatic heterocycles. The van der Waals surface area contributed by atoms with Gasteiger partial charge in [0.25, 0.3) is 5.91 Å². The third kappa shape index (κ3) is 5.13. The molecular weight excluding hydrogens is 496 g/mol. The maximum atomic E-state index is 13.9. The van der Waals surface area contributed by atoms with Crippen LogP contribution in [0.4, 0.5) is 4.79 Å². The predicted octanol–water partition coefficient (Wildman–Crippen LogP) is 6.33. The Morgan fingerprint density at radius 1 is 1.08 bits per heavy atom. The summed E-state index contributed by atoms with van der Waals surface area (Å²) in [5.74, 6) is 0.691. The van der Waals surface area contributed by atoms with Crippen molar-refractivity contribution in [2.45, 2.75) is 51.0 Å². The number of aromatic nitrogens is 2. The molecule has 6 rings (SSSR count). The van der Waals surface area contributed by atoms with E-state index >= 15 is 0 Å². The minimum atomic E-state index is -0.572. The number of hydrogen-bond acceptors (Lipinski definition) is 6. The van der Waals surface area contributed by atoms with Crippen LogP contribution in [0.5, 0.6) is 5.88 Å². The Morgan fingerprint density at radius 3 is 2.79 bits per heavy atom. The Balaban J connectivity index is 1.19. The van der Waals surface area contributed by atoms with Gasteiger partial charge in [0, 0.05) is 36.6 Å². The maximum absolute atomic E-state index is 13.9. The molecule has 1 saturated heterocycles. The van der Waals surface area contributed by atoms with Gasteiger partial charge in [0.1, 0.15) is 5.69 Å². The summed E-state index contributed by atoms with van der Waals surface area (Å²) in [5, 5.41) is 5.66. The molecule has 1 atom stereocenters. The van der Waals surface area contributed by atoms with Gasteiger partial charge in [0.15, 0.2) is 0 Å². The van der Waals surface area contributed by atoms with Crippen LogP contribution in [0.2, 0.25) is 0 Å². The molecule has 2 aliphatic rings. The fourth-order valence-electron chi connectivity index (χ4n) is 5.08. The van der Waals surface area contributed by atoms with E-state index in [4.69, 9.17) is 9.72 Å². The monoisotopic (exact) mass is 526 g/mol. The van der Waals surface area contributed by atoms with Gasteiger partial charge in [-0.25, -0.2) is 14.8 Å². The second kappa shape index (κ2) is 10.5. The van der Waals surface area contributed by atoms with Gasteiger partial charge in [-0.15, -0.1) is 11.3 Å². The van der Waals surface area contributed by atoms with Gasteiger partial charge in [-0.05, 0) is 62.1 Å². The molecule has 2 fully saturated rings. The number of piperidine rings is 1. The van der Waals surface area contributed by atoms with E-state index in [-0.39, 0.29) is 17.8 Å². The zero-order valence-corrected chi connectivity index (χ0v) is 22.2. The third-order valence-corrected chi connectivity index (χ3v) is 8.52. The van der Waals surface area contributed by atoms with Crippen molar-refractivity contribution in [3.63, 3.8) is 0 Å². The third-order valence-electron chi connectivity index (χ3n) is 7.25. The second-order valence-corrected chi connectivity index (χ2v) is 11.2. The summed E-state index contributed by atoms with van der Waals surface area (Å²) in [6.07, 6.45) is 6.09. The second-order valence-electron chi connectivity index (χ2n) is 10.1. The van der Waals surface area contributed by atoms with Crippen molar-refractivity contribution >= 4 is 34.1 Å². The Hall–Kier alpha value is -3.78. The number of likely N-dealkylation sites (tertiary alicyclic amines) is 1. The molecule has 8 heteroatoms. The van der Waals surface area contributed by atoms with Crippen molar-refractivity contribution in [1.82, 2.24) is 20.2 Å². The highest BCUT2D eigenvalue weighted by Gasteiger charge is 2.34. The number of aryl methyl sites for hydroxylation is 1. The zero-order chi connectivity index (χ0) is 26.1. The SMILES string of the molecule is Cc1cccc(-c2sc(C3CC3)nc2C(=O)N2CCCC[C@H]2CNC(=O)Oc2nccc3ccccc23)c1. The molecule has 2 aromatic heterocycles. The van der Waals surface area contributed by atoms with E-state index < -0.39 is 6.09 Å². The summed E-state index contributed by atoms with van der Waals surface area (Å²) in [6, 6.07) is 17.7. The van der Waals surface area contributed by atoms with Crippen molar-refractivity contribution in [1.29, 1.82) is 0 Å². The number of thiazole rings is 1. The Bertz CT molecular complexity index is 1490. The Morgan fingerprint density at radius 2 is 1.95 bits per heavy atom. The van der Waals surface area contributed by atoms with Crippen LogP contribution >= 0.6 is 11.3 Å². The number of amides is 2. The average Bonchev–Trinajstić information content (AvgIpc) is 3.70. The van der Waals surface area contributed by atoms with Gasteiger partial charge in [0.2, 0.25) is 5.88 Å². The number of carbonyl (C=O) groups excluding carboxylic acids is 2. The Kier molecular flexibility index (Phi) is 6.81. The summed E-state index contributed by atoms with van der Waals surface area (Å²) in [6.45, 7) is 3.02. The van der Waals surface area contributed by atoms with Gasteiger partial charge < -0.3 is 15.0 Å². The number of ether oxygens (including phenoxy) is 1. The van der Waals surface area contributed by atoms with Crippen LogP contribution in [0, 0.1) is 6.92 Å². The van der Waals surface area contributed by atoms with Crippen molar-refractivity contribution < 1.29 is 14.3 Å². The van der Waals surface area contributed by atoms with Gasteiger partial charge in [-0.3, -0.25) is 4.79 Å². The number of nitrogens with zero attached hydrogens (tertiary/aromatic N) is 3. The molecule has 0 bridgehead atoms. The maximum Gasteiger partial charge on any atom is 0.414 e. The first-order valence-electron chi connectivity index (χ1n) is 13.2. The molecule has 1 N–H and O–H groups in total. The van der Waals surface area contributed by atoms with Gasteiger partial charge >= 0.3 is 6.09 Å². The van der Waals surface area contributed by atoms with Crippen LogP contribution < -0.4 is 10.1 Å². The predicted molar refractivity (Wildman–Crippen MR) is 149 cm³/mol. The van der Waals surface area contributed by atoms with Crippen LogP contribution in [0.3, 0.4) is 0 Å². The summed E-state index contributed by atoms with van der Waals surface area (Å²) < 4.78 is 5.55. The molecule has 3 heterocycles. The molecule has 4 aromatic rings. The van der Waals surface area contributed by atoms with E-state index in [0.29, 0.717) is 24.7 Å². The molecule has 7 nitrogen and oxygen atoms in total. The molecule has 1 aliphatic carbocycles. The normalized spacial score (nSPS) is 17.4. The first-order valence-corrected chi connectivity index (χ1v) is 14.1. The first-order chi connectivity index (χ1) is 18.6. The van der Waals surface area contributed by atoms with Crippen LogP contribution in [0.1, 0.15) is 59.1 Å². The van der Waals surface area contributed by atoms with Crippen molar-refractivity contribution in [2.75, 3.05) is 13.1 Å². The van der Waals surface area contributed by atoms with E-state index in [2.05, 4.69) is 35.4 Å². The fourth-order valence-corrected chi connectivity index (χ4v) is 6.31. The van der Waals surface area contributed by atoms with E-state index in [1.807, 2.05) is 41.3 Å². The van der Waals surface area contributed by atoms with Gasteiger partial charge in [-0.1, -0.05) is 48.0 Å². The number of hydrogen-bond donors (Lipinski definition) is 1. The largest absolute Gasteiger partial charge is 0.414 e. The lowest BCUT2D eigenvalue weighted by Crippen LogP contribution is -2.50. The topological polar surface area (TPSA) is 84.4 Å². The highest BCUT2D eigenvalue weighted by molar-refractivity contribution is 7.15. The van der Waals surface area contributed by atoms with E-state index in [0.717, 1.165) is 63.9 Å². The van der Waals surface area contributed by atoms with Crippen LogP contribution in [-0.4, -0.2) is 46.0 Å². The summed E-state index contributed by atoms with van der Waals surface area (Å²) in [4.78, 5) is 38.6. The number of benzene rings is 2. The molecule has 0 unspecified atom stereocenters. The van der Waals surface area contributed by atoms with E-state index in [1.165, 1.54) is 0 Å². The smallest absolute Gasteiger partial charge is 0.391 e. The molecule has 1 saturated carbocycles. The van der Waals surface area contributed by atoms with Crippen LogP contribution in [-0.2, 0) is 0 Å². The number of rotatable bonds is 6. The lowest BCUT2D eigenvalue weighted by molar-refractivity contribution is 0.0607. The molecule has 0 spiro atoms. The molecule has 2 aromatic carbocycles. The minimum Gasteiger partial charge on any atom is -0.391 e. The highest BCUT2D eigenvalue weighted by atomic mass is 32.1. The van der Waals surface area contributed by atoms with Crippen molar-refractivity contribution in [3.8, 4) is 16.3 Å². The lowest BCUT2D eigenvalue weighted by Gasteiger charge is -2.35. The van der Waals surface area contributed by atoms with Crippen molar-refractivity contribution in [3.05, 3.63) is 77.1 Å². The highest BCUT2D eigenvalue weighted by Crippen LogP contribution is 2.45. The summed E-state index contributed by atoms with van der Waals surface area (Å²) in [5.41, 5.74) is 2.73. The first kappa shape index (κ1) is 24.6. The molecule has 0 radical (unpaired) electrons. The molecule has 38 heavy (non-hydrogen) atoms. The Labute approximate surface area is 225 Å². The van der Waals surface area contributed by atoms with Crippen LogP contribution in [0.15, 0.2) is 60.8 Å². The lowest BCUT2D eigenvalue weighted by atomic mass is 10.0. The van der Waals surface area contributed by atoms with Gasteiger partial charge in [-0.2, -0.15) is 0 Å². The van der Waals surface area contributed by atoms with Crippen molar-refractivity contribution in [2.24, 2.45) is 0 Å². The zero-order valence-electron chi connectivity index (χ0n) is 21.4. The molecular formula is C30H30N4O3S. The van der Waals surface area contributed by atoms with E-state index in [1.54, 1.807) is 17.5 Å². The molecule has 194 valence electrons. The number of pyridine rings is 1. The summed E-state index contributed by atoms with van der Waals surface area (Å²) >= 11 is 1.65. The van der Waals surface area contributed by atoms with Gasteiger partial charge in [0.05, 0.1) is 9.88 Å². The number of carbonyl (C=O) groups is 2. The average molecular weight is 527 g/mol. The quantitative estimate of drug-likeness (QED) is 0.317. The molecule has 2 amide bonds. The van der Waals surface area contributed by atoms with Crippen LogP contribution in [0.25, 0.3) is 21.2 Å². The van der Waals surface area contributed by atoms with E-state index in [9.17, 15) is 9.59 Å². The minimum absolute atomic E-state index is 0.0553. The number of nitrogens with one attached hydrogen (secondary N) is 1. The fraction of sp³-hybridized carbons (Fsp3) is 0.333.